The highest BCUT2D eigenvalue weighted by Gasteiger charge is 2.23. The molecular formula is C11H19N5OS. The van der Waals surface area contributed by atoms with Crippen LogP contribution in [-0.4, -0.2) is 38.4 Å². The van der Waals surface area contributed by atoms with Gasteiger partial charge in [-0.25, -0.2) is 4.68 Å². The molecule has 1 heterocycles. The molecule has 0 saturated heterocycles. The van der Waals surface area contributed by atoms with E-state index in [-0.39, 0.29) is 11.4 Å². The summed E-state index contributed by atoms with van der Waals surface area (Å²) >= 11 is 1.38. The Balaban J connectivity index is 1.82. The van der Waals surface area contributed by atoms with Crippen molar-refractivity contribution in [3.8, 4) is 0 Å². The highest BCUT2D eigenvalue weighted by Crippen LogP contribution is 2.27. The third-order valence-electron chi connectivity index (χ3n) is 2.69. The highest BCUT2D eigenvalue weighted by atomic mass is 32.2. The summed E-state index contributed by atoms with van der Waals surface area (Å²) in [4.78, 5) is 11.6. The van der Waals surface area contributed by atoms with Crippen molar-refractivity contribution in [2.75, 3.05) is 12.3 Å². The maximum atomic E-state index is 11.6. The van der Waals surface area contributed by atoms with E-state index < -0.39 is 0 Å². The first-order valence-electron chi connectivity index (χ1n) is 6.15. The predicted octanol–water partition coefficient (Wildman–Crippen LogP) is 1.05. The van der Waals surface area contributed by atoms with Crippen LogP contribution in [0.25, 0.3) is 0 Å². The van der Waals surface area contributed by atoms with E-state index in [1.165, 1.54) is 24.6 Å². The van der Waals surface area contributed by atoms with Gasteiger partial charge in [0.05, 0.1) is 11.3 Å². The largest absolute Gasteiger partial charge is 0.355 e. The molecule has 1 saturated carbocycles. The average molecular weight is 269 g/mol. The second kappa shape index (κ2) is 5.26. The quantitative estimate of drug-likeness (QED) is 0.809. The van der Waals surface area contributed by atoms with Gasteiger partial charge in [0, 0.05) is 6.54 Å². The third-order valence-corrected chi connectivity index (χ3v) is 3.61. The van der Waals surface area contributed by atoms with Crippen molar-refractivity contribution in [3.63, 3.8) is 0 Å². The van der Waals surface area contributed by atoms with Crippen LogP contribution in [0.1, 0.15) is 33.6 Å². The topological polar surface area (TPSA) is 72.7 Å². The number of tetrazole rings is 1. The van der Waals surface area contributed by atoms with E-state index in [0.29, 0.717) is 16.8 Å². The Hall–Kier alpha value is -1.11. The van der Waals surface area contributed by atoms with Gasteiger partial charge in [-0.1, -0.05) is 11.8 Å². The molecule has 1 aromatic rings. The lowest BCUT2D eigenvalue weighted by Crippen LogP contribution is -2.28. The summed E-state index contributed by atoms with van der Waals surface area (Å²) in [6.07, 6.45) is 2.49. The van der Waals surface area contributed by atoms with Crippen molar-refractivity contribution in [2.24, 2.45) is 5.92 Å². The van der Waals surface area contributed by atoms with Crippen molar-refractivity contribution in [3.05, 3.63) is 0 Å². The Morgan fingerprint density at radius 3 is 2.83 bits per heavy atom. The van der Waals surface area contributed by atoms with Crippen LogP contribution in [0.4, 0.5) is 0 Å². The maximum Gasteiger partial charge on any atom is 0.230 e. The summed E-state index contributed by atoms with van der Waals surface area (Å²) in [5.74, 6) is 1.12. The van der Waals surface area contributed by atoms with Gasteiger partial charge in [0.2, 0.25) is 11.1 Å². The number of nitrogens with zero attached hydrogens (tertiary/aromatic N) is 4. The third kappa shape index (κ3) is 3.69. The highest BCUT2D eigenvalue weighted by molar-refractivity contribution is 7.99. The van der Waals surface area contributed by atoms with Gasteiger partial charge < -0.3 is 5.32 Å². The summed E-state index contributed by atoms with van der Waals surface area (Å²) in [7, 11) is 0. The fourth-order valence-electron chi connectivity index (χ4n) is 1.45. The van der Waals surface area contributed by atoms with Gasteiger partial charge in [0.15, 0.2) is 0 Å². The van der Waals surface area contributed by atoms with E-state index in [1.54, 1.807) is 4.68 Å². The molecule has 1 N–H and O–H groups in total. The van der Waals surface area contributed by atoms with Gasteiger partial charge in [-0.2, -0.15) is 0 Å². The minimum atomic E-state index is -0.170. The Morgan fingerprint density at radius 2 is 2.22 bits per heavy atom. The molecule has 1 fully saturated rings. The molecule has 0 spiro atoms. The SMILES string of the molecule is CC(C)(C)n1nnnc1SCC(=O)NCC1CC1. The molecule has 0 bridgehead atoms. The molecule has 1 aliphatic rings. The first-order chi connectivity index (χ1) is 8.47. The average Bonchev–Trinajstić information content (AvgIpc) is 2.98. The molecule has 0 aliphatic heterocycles. The van der Waals surface area contributed by atoms with Crippen molar-refractivity contribution in [1.29, 1.82) is 0 Å². The van der Waals surface area contributed by atoms with E-state index in [4.69, 9.17) is 0 Å². The van der Waals surface area contributed by atoms with Crippen molar-refractivity contribution in [1.82, 2.24) is 25.5 Å². The summed E-state index contributed by atoms with van der Waals surface area (Å²) in [5.41, 5.74) is -0.170. The molecule has 18 heavy (non-hydrogen) atoms. The Labute approximate surface area is 111 Å². The van der Waals surface area contributed by atoms with E-state index in [0.717, 1.165) is 6.54 Å². The normalized spacial score (nSPS) is 15.7. The first kappa shape index (κ1) is 13.3. The van der Waals surface area contributed by atoms with Gasteiger partial charge >= 0.3 is 0 Å². The number of hydrogen-bond acceptors (Lipinski definition) is 5. The Morgan fingerprint density at radius 1 is 1.50 bits per heavy atom. The summed E-state index contributed by atoms with van der Waals surface area (Å²) in [6, 6.07) is 0. The smallest absolute Gasteiger partial charge is 0.230 e. The molecule has 0 aromatic carbocycles. The van der Waals surface area contributed by atoms with Crippen LogP contribution in [0, 0.1) is 5.92 Å². The number of thioether (sulfide) groups is 1. The summed E-state index contributed by atoms with van der Waals surface area (Å²) in [5, 5.41) is 15.2. The minimum absolute atomic E-state index is 0.0513. The number of carbonyl (C=O) groups is 1. The monoisotopic (exact) mass is 269 g/mol. The van der Waals surface area contributed by atoms with Crippen molar-refractivity contribution < 1.29 is 4.79 Å². The molecule has 1 aliphatic carbocycles. The second-order valence-electron chi connectivity index (χ2n) is 5.58. The fourth-order valence-corrected chi connectivity index (χ4v) is 2.34. The van der Waals surface area contributed by atoms with Crippen LogP contribution in [0.2, 0.25) is 0 Å². The number of hydrogen-bond donors (Lipinski definition) is 1. The Bertz CT molecular complexity index is 421. The zero-order chi connectivity index (χ0) is 13.2. The van der Waals surface area contributed by atoms with Gasteiger partial charge in [-0.3, -0.25) is 4.79 Å². The zero-order valence-corrected chi connectivity index (χ0v) is 11.8. The van der Waals surface area contributed by atoms with Gasteiger partial charge in [0.1, 0.15) is 0 Å². The lowest BCUT2D eigenvalue weighted by Gasteiger charge is -2.19. The standard InChI is InChI=1S/C11H19N5OS/c1-11(2,3)16-10(13-14-15-16)18-7-9(17)12-6-8-4-5-8/h8H,4-7H2,1-3H3,(H,12,17). The van der Waals surface area contributed by atoms with Gasteiger partial charge in [0.25, 0.3) is 0 Å². The molecule has 1 aromatic heterocycles. The second-order valence-corrected chi connectivity index (χ2v) is 6.52. The lowest BCUT2D eigenvalue weighted by molar-refractivity contribution is -0.118. The van der Waals surface area contributed by atoms with Crippen molar-refractivity contribution in [2.45, 2.75) is 44.3 Å². The number of carbonyl (C=O) groups excluding carboxylic acids is 1. The first-order valence-corrected chi connectivity index (χ1v) is 7.14. The van der Waals surface area contributed by atoms with E-state index in [1.807, 2.05) is 20.8 Å². The van der Waals surface area contributed by atoms with E-state index in [2.05, 4.69) is 20.8 Å². The van der Waals surface area contributed by atoms with Crippen LogP contribution >= 0.6 is 11.8 Å². The molecular weight excluding hydrogens is 250 g/mol. The van der Waals surface area contributed by atoms with Gasteiger partial charge in [-0.05, 0) is 50.0 Å². The number of rotatable bonds is 5. The Kier molecular flexibility index (Phi) is 3.89. The number of nitrogens with one attached hydrogen (secondary N) is 1. The van der Waals surface area contributed by atoms with Gasteiger partial charge in [-0.15, -0.1) is 5.10 Å². The summed E-state index contributed by atoms with van der Waals surface area (Å²) < 4.78 is 1.74. The van der Waals surface area contributed by atoms with Crippen LogP contribution in [0.15, 0.2) is 5.16 Å². The maximum absolute atomic E-state index is 11.6. The predicted molar refractivity (Wildman–Crippen MR) is 69.3 cm³/mol. The number of amides is 1. The van der Waals surface area contributed by atoms with Crippen LogP contribution in [-0.2, 0) is 10.3 Å². The number of aromatic nitrogens is 4. The summed E-state index contributed by atoms with van der Waals surface area (Å²) in [6.45, 7) is 6.89. The molecule has 7 heteroatoms. The van der Waals surface area contributed by atoms with E-state index in [9.17, 15) is 4.79 Å². The molecule has 6 nitrogen and oxygen atoms in total. The van der Waals surface area contributed by atoms with Crippen LogP contribution < -0.4 is 5.32 Å². The molecule has 0 atom stereocenters. The van der Waals surface area contributed by atoms with Crippen LogP contribution in [0.5, 0.6) is 0 Å². The fraction of sp³-hybridized carbons (Fsp3) is 0.818. The lowest BCUT2D eigenvalue weighted by atomic mass is 10.1. The molecule has 1 amide bonds. The van der Waals surface area contributed by atoms with E-state index >= 15 is 0 Å². The molecule has 0 radical (unpaired) electrons. The molecule has 2 rings (SSSR count). The molecule has 100 valence electrons. The van der Waals surface area contributed by atoms with Crippen molar-refractivity contribution >= 4 is 17.7 Å². The minimum Gasteiger partial charge on any atom is -0.355 e. The van der Waals surface area contributed by atoms with Crippen LogP contribution in [0.3, 0.4) is 0 Å². The zero-order valence-electron chi connectivity index (χ0n) is 11.0. The molecule has 0 unspecified atom stereocenters.